The van der Waals surface area contributed by atoms with Crippen molar-refractivity contribution in [2.45, 2.75) is 77.6 Å². The second-order valence-corrected chi connectivity index (χ2v) is 11.6. The van der Waals surface area contributed by atoms with Crippen LogP contribution in [0.5, 0.6) is 5.75 Å². The lowest BCUT2D eigenvalue weighted by Gasteiger charge is -2.15. The van der Waals surface area contributed by atoms with E-state index < -0.39 is 0 Å². The van der Waals surface area contributed by atoms with Crippen molar-refractivity contribution >= 4 is 36.5 Å². The number of unbranched alkanes of at least 4 members (excludes halogenated alkanes) is 10. The summed E-state index contributed by atoms with van der Waals surface area (Å²) >= 11 is 0. The van der Waals surface area contributed by atoms with Gasteiger partial charge in [-0.25, -0.2) is 0 Å². The first-order valence-electron chi connectivity index (χ1n) is 16.8. The number of ether oxygens (including phenoxy) is 1. The van der Waals surface area contributed by atoms with Crippen molar-refractivity contribution in [3.63, 3.8) is 0 Å². The molecule has 0 N–H and O–H groups in total. The summed E-state index contributed by atoms with van der Waals surface area (Å²) in [6, 6.07) is 35.8. The van der Waals surface area contributed by atoms with Gasteiger partial charge in [0.25, 0.3) is 0 Å². The lowest BCUT2D eigenvalue weighted by atomic mass is 9.96. The molecule has 0 saturated carbocycles. The molecule has 0 aliphatic carbocycles. The van der Waals surface area contributed by atoms with Crippen molar-refractivity contribution in [2.75, 3.05) is 6.61 Å². The van der Waals surface area contributed by atoms with Crippen molar-refractivity contribution in [1.82, 2.24) is 0 Å². The minimum absolute atomic E-state index is 0.740. The molecule has 0 bridgehead atoms. The smallest absolute Gasteiger partial charge is 0.127 e. The molecule has 0 spiro atoms. The van der Waals surface area contributed by atoms with E-state index in [-0.39, 0.29) is 0 Å². The molecule has 4 rings (SSSR count). The Kier molecular flexibility index (Phi) is 14.9. The van der Waals surface area contributed by atoms with Gasteiger partial charge in [-0.2, -0.15) is 0 Å². The van der Waals surface area contributed by atoms with E-state index in [0.29, 0.717) is 0 Å². The number of hydrogen-bond acceptors (Lipinski definition) is 1. The Labute approximate surface area is 267 Å². The van der Waals surface area contributed by atoms with Crippen molar-refractivity contribution in [1.29, 1.82) is 0 Å². The second-order valence-electron chi connectivity index (χ2n) is 11.6. The van der Waals surface area contributed by atoms with Crippen LogP contribution in [-0.2, 0) is 0 Å². The van der Waals surface area contributed by atoms with Gasteiger partial charge in [0.05, 0.1) is 6.61 Å². The Morgan fingerprint density at radius 2 is 0.841 bits per heavy atom. The Morgan fingerprint density at radius 1 is 0.409 bits per heavy atom. The molecular weight excluding hydrogens is 532 g/mol. The summed E-state index contributed by atoms with van der Waals surface area (Å²) in [5.74, 6) is 0.939. The first-order chi connectivity index (χ1) is 21.8. The molecule has 0 aromatic heterocycles. The Hall–Kier alpha value is -4.10. The van der Waals surface area contributed by atoms with Gasteiger partial charge < -0.3 is 4.74 Å². The minimum Gasteiger partial charge on any atom is -0.493 e. The van der Waals surface area contributed by atoms with E-state index in [2.05, 4.69) is 147 Å². The Morgan fingerprint density at radius 3 is 1.34 bits per heavy atom. The van der Waals surface area contributed by atoms with Crippen molar-refractivity contribution in [3.8, 4) is 5.75 Å². The highest BCUT2D eigenvalue weighted by Crippen LogP contribution is 2.31. The molecule has 1 nitrogen and oxygen atoms in total. The molecule has 0 unspecified atom stereocenters. The van der Waals surface area contributed by atoms with Gasteiger partial charge in [0.2, 0.25) is 0 Å². The molecule has 4 aromatic carbocycles. The molecule has 44 heavy (non-hydrogen) atoms. The maximum absolute atomic E-state index is 6.51. The third-order valence-corrected chi connectivity index (χ3v) is 8.03. The van der Waals surface area contributed by atoms with Gasteiger partial charge in [0.15, 0.2) is 0 Å². The van der Waals surface area contributed by atoms with Gasteiger partial charge in [0, 0.05) is 5.56 Å². The number of rotatable bonds is 19. The summed E-state index contributed by atoms with van der Waals surface area (Å²) in [6.07, 6.45) is 27.9. The summed E-state index contributed by atoms with van der Waals surface area (Å²) in [4.78, 5) is 0. The highest BCUT2D eigenvalue weighted by atomic mass is 16.5. The van der Waals surface area contributed by atoms with Gasteiger partial charge >= 0.3 is 0 Å². The number of hydrogen-bond donors (Lipinski definition) is 0. The first kappa shape index (κ1) is 32.8. The lowest BCUT2D eigenvalue weighted by Crippen LogP contribution is -2.01. The maximum Gasteiger partial charge on any atom is 0.127 e. The molecule has 0 heterocycles. The molecule has 0 aliphatic rings. The average Bonchev–Trinajstić information content (AvgIpc) is 3.08. The van der Waals surface area contributed by atoms with Gasteiger partial charge in [-0.1, -0.05) is 205 Å². The fraction of sp³-hybridized carbons (Fsp3) is 0.302. The first-order valence-corrected chi connectivity index (χ1v) is 16.8. The minimum atomic E-state index is 0.740. The monoisotopic (exact) mass is 582 g/mol. The van der Waals surface area contributed by atoms with E-state index in [1.54, 1.807) is 0 Å². The van der Waals surface area contributed by atoms with E-state index in [1.165, 1.54) is 80.9 Å². The maximum atomic E-state index is 6.51. The topological polar surface area (TPSA) is 9.23 Å². The summed E-state index contributed by atoms with van der Waals surface area (Å²) in [7, 11) is 0. The van der Waals surface area contributed by atoms with Crippen LogP contribution in [0.3, 0.4) is 0 Å². The van der Waals surface area contributed by atoms with E-state index in [0.717, 1.165) is 35.5 Å². The van der Waals surface area contributed by atoms with Crippen molar-refractivity contribution in [2.24, 2.45) is 0 Å². The van der Waals surface area contributed by atoms with Crippen LogP contribution < -0.4 is 4.74 Å². The molecule has 0 saturated heterocycles. The highest BCUT2D eigenvalue weighted by Gasteiger charge is 2.10. The Bertz CT molecular complexity index is 1410. The fourth-order valence-electron chi connectivity index (χ4n) is 5.45. The van der Waals surface area contributed by atoms with Crippen molar-refractivity contribution < 1.29 is 4.74 Å². The second kappa shape index (κ2) is 20.0. The van der Waals surface area contributed by atoms with Crippen LogP contribution >= 0.6 is 0 Å². The van der Waals surface area contributed by atoms with E-state index >= 15 is 0 Å². The van der Waals surface area contributed by atoms with Crippen LogP contribution in [0.15, 0.2) is 103 Å². The molecule has 1 heteroatoms. The zero-order valence-corrected chi connectivity index (χ0v) is 26.7. The number of benzene rings is 4. The quantitative estimate of drug-likeness (QED) is 0.0789. The lowest BCUT2D eigenvalue weighted by molar-refractivity contribution is 0.303. The van der Waals surface area contributed by atoms with Gasteiger partial charge in [-0.05, 0) is 40.3 Å². The van der Waals surface area contributed by atoms with Gasteiger partial charge in [-0.15, -0.1) is 0 Å². The predicted molar refractivity (Wildman–Crippen MR) is 195 cm³/mol. The zero-order valence-electron chi connectivity index (χ0n) is 26.7. The SMILES string of the molecule is CCCCCCCCCCCCCOc1ccc(C=Cc2ccccc2)c(C=Cc2ccccc2)c1C=Cc1ccccc1. The zero-order chi connectivity index (χ0) is 30.5. The molecule has 0 radical (unpaired) electrons. The Balaban J connectivity index is 1.49. The normalized spacial score (nSPS) is 11.7. The van der Waals surface area contributed by atoms with E-state index in [4.69, 9.17) is 4.74 Å². The summed E-state index contributed by atoms with van der Waals surface area (Å²) in [6.45, 7) is 3.03. The molecule has 0 amide bonds. The van der Waals surface area contributed by atoms with E-state index in [1.807, 2.05) is 0 Å². The predicted octanol–water partition coefficient (Wildman–Crippen LogP) is 12.9. The van der Waals surface area contributed by atoms with Crippen LogP contribution in [0.25, 0.3) is 36.5 Å². The highest BCUT2D eigenvalue weighted by molar-refractivity contribution is 5.87. The van der Waals surface area contributed by atoms with Crippen LogP contribution in [0.4, 0.5) is 0 Å². The third kappa shape index (κ3) is 11.9. The summed E-state index contributed by atoms with van der Waals surface area (Å²) in [5, 5.41) is 0. The van der Waals surface area contributed by atoms with Crippen LogP contribution in [0.1, 0.15) is 111 Å². The summed E-state index contributed by atoms with van der Waals surface area (Å²) in [5.41, 5.74) is 6.96. The third-order valence-electron chi connectivity index (χ3n) is 8.03. The van der Waals surface area contributed by atoms with Crippen LogP contribution in [0, 0.1) is 0 Å². The molecule has 4 aromatic rings. The van der Waals surface area contributed by atoms with Crippen LogP contribution in [-0.4, -0.2) is 6.61 Å². The average molecular weight is 583 g/mol. The van der Waals surface area contributed by atoms with E-state index in [9.17, 15) is 0 Å². The van der Waals surface area contributed by atoms with Crippen molar-refractivity contribution in [3.05, 3.63) is 137 Å². The van der Waals surface area contributed by atoms with Crippen LogP contribution in [0.2, 0.25) is 0 Å². The molecule has 0 fully saturated rings. The standard InChI is InChI=1S/C43H50O/c1-2-3-4-5-6-7-8-9-10-11-21-36-44-43-35-32-40(31-28-37-22-15-12-16-23-37)41(33-29-38-24-17-13-18-25-38)42(43)34-30-39-26-19-14-20-27-39/h12-20,22-35H,2-11,21,36H2,1H3. The molecule has 0 aliphatic heterocycles. The van der Waals surface area contributed by atoms with Gasteiger partial charge in [-0.3, -0.25) is 0 Å². The molecule has 0 atom stereocenters. The fourth-order valence-corrected chi connectivity index (χ4v) is 5.45. The largest absolute Gasteiger partial charge is 0.493 e. The van der Waals surface area contributed by atoms with Gasteiger partial charge in [0.1, 0.15) is 5.75 Å². The molecule has 228 valence electrons. The summed E-state index contributed by atoms with van der Waals surface area (Å²) < 4.78 is 6.51. The molecular formula is C43H50O.